The van der Waals surface area contributed by atoms with Crippen LogP contribution in [-0.2, 0) is 4.79 Å². The van der Waals surface area contributed by atoms with E-state index in [4.69, 9.17) is 0 Å². The highest BCUT2D eigenvalue weighted by atomic mass is 16.2. The van der Waals surface area contributed by atoms with Crippen LogP contribution in [0.1, 0.15) is 39.2 Å². The maximum absolute atomic E-state index is 12.3. The number of rotatable bonds is 8. The van der Waals surface area contributed by atoms with Crippen molar-refractivity contribution >= 4 is 23.3 Å². The maximum Gasteiger partial charge on any atom is 0.319 e. The molecule has 3 amide bonds. The first-order valence-corrected chi connectivity index (χ1v) is 8.87. The molecule has 0 aliphatic heterocycles. The standard InChI is InChI=1S/C19H32N4O2/c1-7-15(8-2)18(23(5)6)12-20-19(25)22-17-11-16(21-14(4)24)10-9-13(17)3/h9-11,15,18H,7-8,12H2,1-6H3,(H,21,24)(H2,20,22,25). The quantitative estimate of drug-likeness (QED) is 0.674. The number of hydrogen-bond donors (Lipinski definition) is 3. The van der Waals surface area contributed by atoms with Gasteiger partial charge in [0.25, 0.3) is 0 Å². The van der Waals surface area contributed by atoms with E-state index >= 15 is 0 Å². The van der Waals surface area contributed by atoms with Gasteiger partial charge in [0, 0.05) is 30.9 Å². The van der Waals surface area contributed by atoms with Gasteiger partial charge in [-0.2, -0.15) is 0 Å². The summed E-state index contributed by atoms with van der Waals surface area (Å²) >= 11 is 0. The SMILES string of the molecule is CCC(CC)C(CNC(=O)Nc1cc(NC(C)=O)ccc1C)N(C)C. The largest absolute Gasteiger partial charge is 0.336 e. The van der Waals surface area contributed by atoms with Crippen LogP contribution in [0.3, 0.4) is 0 Å². The van der Waals surface area contributed by atoms with Gasteiger partial charge in [0.2, 0.25) is 5.91 Å². The molecule has 0 heterocycles. The van der Waals surface area contributed by atoms with Crippen molar-refractivity contribution in [2.24, 2.45) is 5.92 Å². The lowest BCUT2D eigenvalue weighted by atomic mass is 9.93. The van der Waals surface area contributed by atoms with Crippen LogP contribution in [0.15, 0.2) is 18.2 Å². The lowest BCUT2D eigenvalue weighted by Crippen LogP contribution is -2.45. The van der Waals surface area contributed by atoms with Crippen molar-refractivity contribution in [2.75, 3.05) is 31.3 Å². The first-order valence-electron chi connectivity index (χ1n) is 8.87. The van der Waals surface area contributed by atoms with Gasteiger partial charge in [-0.3, -0.25) is 4.79 Å². The zero-order valence-electron chi connectivity index (χ0n) is 16.3. The van der Waals surface area contributed by atoms with E-state index < -0.39 is 0 Å². The summed E-state index contributed by atoms with van der Waals surface area (Å²) in [6.45, 7) is 8.33. The van der Waals surface area contributed by atoms with Crippen molar-refractivity contribution in [1.82, 2.24) is 10.2 Å². The molecule has 1 rings (SSSR count). The first kappa shape index (κ1) is 21.0. The van der Waals surface area contributed by atoms with Crippen LogP contribution < -0.4 is 16.0 Å². The normalized spacial score (nSPS) is 12.2. The van der Waals surface area contributed by atoms with Gasteiger partial charge in [0.15, 0.2) is 0 Å². The van der Waals surface area contributed by atoms with Crippen molar-refractivity contribution in [3.05, 3.63) is 23.8 Å². The third-order valence-corrected chi connectivity index (χ3v) is 4.53. The van der Waals surface area contributed by atoms with Crippen LogP contribution in [-0.4, -0.2) is 43.5 Å². The van der Waals surface area contributed by atoms with E-state index in [1.165, 1.54) is 6.92 Å². The number of carbonyl (C=O) groups is 2. The molecule has 0 spiro atoms. The second-order valence-corrected chi connectivity index (χ2v) is 6.65. The zero-order valence-corrected chi connectivity index (χ0v) is 16.3. The Hall–Kier alpha value is -2.08. The van der Waals surface area contributed by atoms with Gasteiger partial charge in [-0.05, 0) is 44.6 Å². The molecule has 0 aromatic heterocycles. The Kier molecular flexibility index (Phi) is 8.41. The molecule has 1 atom stereocenters. The monoisotopic (exact) mass is 348 g/mol. The topological polar surface area (TPSA) is 73.5 Å². The highest BCUT2D eigenvalue weighted by molar-refractivity contribution is 5.93. The second-order valence-electron chi connectivity index (χ2n) is 6.65. The van der Waals surface area contributed by atoms with Gasteiger partial charge in [-0.15, -0.1) is 0 Å². The Bertz CT molecular complexity index is 583. The molecule has 0 aliphatic rings. The molecule has 1 aromatic carbocycles. The second kappa shape index (κ2) is 10.0. The summed E-state index contributed by atoms with van der Waals surface area (Å²) in [6.07, 6.45) is 2.17. The van der Waals surface area contributed by atoms with Crippen LogP contribution in [0.2, 0.25) is 0 Å². The Balaban J connectivity index is 2.71. The molecule has 1 unspecified atom stereocenters. The molecule has 0 radical (unpaired) electrons. The lowest BCUT2D eigenvalue weighted by molar-refractivity contribution is -0.114. The zero-order chi connectivity index (χ0) is 19.0. The van der Waals surface area contributed by atoms with Crippen molar-refractivity contribution in [2.45, 2.75) is 46.6 Å². The molecule has 0 fully saturated rings. The predicted octanol–water partition coefficient (Wildman–Crippen LogP) is 3.44. The highest BCUT2D eigenvalue weighted by Crippen LogP contribution is 2.20. The number of urea groups is 1. The Morgan fingerprint density at radius 2 is 1.76 bits per heavy atom. The van der Waals surface area contributed by atoms with Crippen molar-refractivity contribution < 1.29 is 9.59 Å². The van der Waals surface area contributed by atoms with Crippen molar-refractivity contribution in [3.8, 4) is 0 Å². The summed E-state index contributed by atoms with van der Waals surface area (Å²) in [5.74, 6) is 0.401. The number of anilines is 2. The van der Waals surface area contributed by atoms with E-state index in [0.29, 0.717) is 29.9 Å². The summed E-state index contributed by atoms with van der Waals surface area (Å²) in [5, 5.41) is 8.57. The average molecular weight is 348 g/mol. The van der Waals surface area contributed by atoms with Crippen molar-refractivity contribution in [1.29, 1.82) is 0 Å². The fraction of sp³-hybridized carbons (Fsp3) is 0.579. The van der Waals surface area contributed by atoms with Gasteiger partial charge in [-0.1, -0.05) is 32.8 Å². The van der Waals surface area contributed by atoms with E-state index in [2.05, 4.69) is 34.7 Å². The number of aryl methyl sites for hydroxylation is 1. The highest BCUT2D eigenvalue weighted by Gasteiger charge is 2.21. The predicted molar refractivity (Wildman–Crippen MR) is 104 cm³/mol. The summed E-state index contributed by atoms with van der Waals surface area (Å²) in [7, 11) is 4.09. The lowest BCUT2D eigenvalue weighted by Gasteiger charge is -2.31. The summed E-state index contributed by atoms with van der Waals surface area (Å²) in [5.41, 5.74) is 2.29. The van der Waals surface area contributed by atoms with Gasteiger partial charge >= 0.3 is 6.03 Å². The molecular weight excluding hydrogens is 316 g/mol. The fourth-order valence-corrected chi connectivity index (χ4v) is 3.01. The molecule has 6 heteroatoms. The molecule has 1 aromatic rings. The van der Waals surface area contributed by atoms with Crippen LogP contribution in [0.5, 0.6) is 0 Å². The average Bonchev–Trinajstić information content (AvgIpc) is 2.53. The molecule has 0 saturated heterocycles. The fourth-order valence-electron chi connectivity index (χ4n) is 3.01. The van der Waals surface area contributed by atoms with E-state index in [-0.39, 0.29) is 11.9 Å². The maximum atomic E-state index is 12.3. The van der Waals surface area contributed by atoms with Gasteiger partial charge in [0.1, 0.15) is 0 Å². The molecule has 25 heavy (non-hydrogen) atoms. The number of nitrogens with zero attached hydrogens (tertiary/aromatic N) is 1. The van der Waals surface area contributed by atoms with Crippen molar-refractivity contribution in [3.63, 3.8) is 0 Å². The molecular formula is C19H32N4O2. The number of likely N-dealkylation sites (N-methyl/N-ethyl adjacent to an activating group) is 1. The molecule has 0 saturated carbocycles. The Labute approximate surface area is 151 Å². The van der Waals surface area contributed by atoms with E-state index in [1.807, 2.05) is 33.2 Å². The molecule has 140 valence electrons. The van der Waals surface area contributed by atoms with E-state index in [9.17, 15) is 9.59 Å². The minimum atomic E-state index is -0.235. The Morgan fingerprint density at radius 3 is 2.28 bits per heavy atom. The number of hydrogen-bond acceptors (Lipinski definition) is 3. The van der Waals surface area contributed by atoms with E-state index in [1.54, 1.807) is 6.07 Å². The van der Waals surface area contributed by atoms with Crippen LogP contribution in [0, 0.1) is 12.8 Å². The summed E-state index contributed by atoms with van der Waals surface area (Å²) in [6, 6.07) is 5.51. The minimum Gasteiger partial charge on any atom is -0.336 e. The number of benzene rings is 1. The first-order chi connectivity index (χ1) is 11.8. The third kappa shape index (κ3) is 6.74. The summed E-state index contributed by atoms with van der Waals surface area (Å²) < 4.78 is 0. The Morgan fingerprint density at radius 1 is 1.12 bits per heavy atom. The van der Waals surface area contributed by atoms with Gasteiger partial charge in [-0.25, -0.2) is 4.79 Å². The van der Waals surface area contributed by atoms with Gasteiger partial charge < -0.3 is 20.9 Å². The van der Waals surface area contributed by atoms with Gasteiger partial charge in [0.05, 0.1) is 0 Å². The molecule has 0 bridgehead atoms. The summed E-state index contributed by atoms with van der Waals surface area (Å²) in [4.78, 5) is 25.6. The number of nitrogens with one attached hydrogen (secondary N) is 3. The third-order valence-electron chi connectivity index (χ3n) is 4.53. The molecule has 0 aliphatic carbocycles. The van der Waals surface area contributed by atoms with Crippen LogP contribution in [0.4, 0.5) is 16.2 Å². The number of carbonyl (C=O) groups excluding carboxylic acids is 2. The number of amides is 3. The minimum absolute atomic E-state index is 0.141. The molecule has 6 nitrogen and oxygen atoms in total. The molecule has 3 N–H and O–H groups in total. The van der Waals surface area contributed by atoms with Crippen LogP contribution in [0.25, 0.3) is 0 Å². The van der Waals surface area contributed by atoms with E-state index in [0.717, 1.165) is 18.4 Å². The smallest absolute Gasteiger partial charge is 0.319 e. The van der Waals surface area contributed by atoms with Crippen LogP contribution >= 0.6 is 0 Å².